The first-order valence-electron chi connectivity index (χ1n) is 27.2. The van der Waals surface area contributed by atoms with Crippen molar-refractivity contribution in [1.29, 1.82) is 0 Å². The van der Waals surface area contributed by atoms with Crippen molar-refractivity contribution in [3.63, 3.8) is 0 Å². The Morgan fingerprint density at radius 1 is 0.819 bits per heavy atom. The van der Waals surface area contributed by atoms with Crippen molar-refractivity contribution in [3.8, 4) is 0 Å². The monoisotopic (exact) mass is 1010 g/mol. The van der Waals surface area contributed by atoms with E-state index in [1.54, 1.807) is 34.0 Å². The number of hydrogen-bond acceptors (Lipinski definition) is 14. The number of allylic oxidation sites excluding steroid dienone is 6. The summed E-state index contributed by atoms with van der Waals surface area (Å²) in [5.74, 6) is -7.10. The fraction of sp³-hybridized carbons (Fsp3) is 0.772. The predicted molar refractivity (Wildman–Crippen MR) is 272 cm³/mol. The molecule has 4 aliphatic heterocycles. The second-order valence-electron chi connectivity index (χ2n) is 22.0. The van der Waals surface area contributed by atoms with Gasteiger partial charge in [-0.2, -0.15) is 0 Å². The third kappa shape index (κ3) is 17.1. The number of methoxy groups -OCH3 is 1. The molecule has 0 aromatic heterocycles. The van der Waals surface area contributed by atoms with Crippen LogP contribution in [0.3, 0.4) is 0 Å². The largest absolute Gasteiger partial charge is 0.460 e. The lowest BCUT2D eigenvalue weighted by molar-refractivity contribution is -0.266. The summed E-state index contributed by atoms with van der Waals surface area (Å²) in [4.78, 5) is 72.3. The third-order valence-corrected chi connectivity index (χ3v) is 16.2. The average Bonchev–Trinajstić information content (AvgIpc) is 3.36. The van der Waals surface area contributed by atoms with Gasteiger partial charge < -0.3 is 48.6 Å². The van der Waals surface area contributed by atoms with Crippen LogP contribution in [0.25, 0.3) is 0 Å². The molecule has 1 saturated carbocycles. The molecule has 5 rings (SSSR count). The van der Waals surface area contributed by atoms with Crippen LogP contribution in [0.2, 0.25) is 0 Å². The first-order chi connectivity index (χ1) is 34.3. The number of aliphatic hydroxyl groups is 3. The number of ketones is 3. The van der Waals surface area contributed by atoms with E-state index in [2.05, 4.69) is 0 Å². The highest BCUT2D eigenvalue weighted by molar-refractivity contribution is 6.39. The number of carbonyl (C=O) groups excluding carboxylic acids is 5. The summed E-state index contributed by atoms with van der Waals surface area (Å²) >= 11 is 0. The second-order valence-corrected chi connectivity index (χ2v) is 22.0. The Kier molecular flexibility index (Phi) is 24.0. The maximum Gasteiger partial charge on any atom is 0.329 e. The number of fused-ring (bicyclic) bond motifs is 3. The Morgan fingerprint density at radius 3 is 2.29 bits per heavy atom. The minimum atomic E-state index is -2.44. The number of aliphatic hydroxyl groups excluding tert-OH is 2. The van der Waals surface area contributed by atoms with Gasteiger partial charge in [-0.3, -0.25) is 19.2 Å². The summed E-state index contributed by atoms with van der Waals surface area (Å²) in [6.45, 7) is 15.0. The first-order valence-corrected chi connectivity index (χ1v) is 27.2. The molecule has 4 heterocycles. The molecule has 1 aliphatic carbocycles. The van der Waals surface area contributed by atoms with E-state index in [1.165, 1.54) is 4.90 Å². The van der Waals surface area contributed by atoms with E-state index in [0.29, 0.717) is 89.1 Å². The average molecular weight is 1010 g/mol. The van der Waals surface area contributed by atoms with Gasteiger partial charge in [-0.15, -0.1) is 0 Å². The summed E-state index contributed by atoms with van der Waals surface area (Å²) in [6, 6.07) is -1.14. The molecular formula is C57H89NO14. The molecule has 3 saturated heterocycles. The number of hydrogen-bond donors (Lipinski definition) is 3. The fourth-order valence-electron chi connectivity index (χ4n) is 11.2. The number of amides is 1. The molecule has 14 atom stereocenters. The van der Waals surface area contributed by atoms with Crippen LogP contribution >= 0.6 is 0 Å². The highest BCUT2D eigenvalue weighted by atomic mass is 16.6. The van der Waals surface area contributed by atoms with Crippen LogP contribution in [0, 0.1) is 41.4 Å². The van der Waals surface area contributed by atoms with E-state index in [4.69, 9.17) is 28.4 Å². The summed E-state index contributed by atoms with van der Waals surface area (Å²) < 4.78 is 36.5. The molecule has 2 unspecified atom stereocenters. The highest BCUT2D eigenvalue weighted by Gasteiger charge is 2.53. The first kappa shape index (κ1) is 59.5. The van der Waals surface area contributed by atoms with Gasteiger partial charge in [0.15, 0.2) is 0 Å². The molecule has 15 nitrogen and oxygen atoms in total. The van der Waals surface area contributed by atoms with Gasteiger partial charge in [-0.25, -0.2) is 4.79 Å². The number of cyclic esters (lactones) is 1. The lowest BCUT2D eigenvalue weighted by Crippen LogP contribution is -2.61. The van der Waals surface area contributed by atoms with Crippen molar-refractivity contribution in [1.82, 2.24) is 4.90 Å². The van der Waals surface area contributed by atoms with Crippen LogP contribution in [0.15, 0.2) is 47.6 Å². The van der Waals surface area contributed by atoms with Gasteiger partial charge in [0.2, 0.25) is 5.79 Å². The molecule has 0 radical (unpaired) electrons. The third-order valence-electron chi connectivity index (χ3n) is 16.2. The molecule has 2 bridgehead atoms. The summed E-state index contributed by atoms with van der Waals surface area (Å²) in [7, 11) is 1.64. The smallest absolute Gasteiger partial charge is 0.329 e. The number of piperidine rings is 1. The molecule has 0 aromatic carbocycles. The molecule has 72 heavy (non-hydrogen) atoms. The highest BCUT2D eigenvalue weighted by Crippen LogP contribution is 2.38. The zero-order valence-electron chi connectivity index (χ0n) is 44.7. The maximum atomic E-state index is 14.5. The van der Waals surface area contributed by atoms with Crippen molar-refractivity contribution >= 4 is 29.2 Å². The molecule has 15 heteroatoms. The van der Waals surface area contributed by atoms with Crippen LogP contribution in [0.1, 0.15) is 145 Å². The molecule has 1 amide bonds. The number of ether oxygens (including phenoxy) is 6. The molecule has 406 valence electrons. The quantitative estimate of drug-likeness (QED) is 0.111. The van der Waals surface area contributed by atoms with Gasteiger partial charge in [-0.05, 0) is 126 Å². The van der Waals surface area contributed by atoms with Gasteiger partial charge in [-0.1, -0.05) is 71.1 Å². The number of carbonyl (C=O) groups is 5. The van der Waals surface area contributed by atoms with Gasteiger partial charge in [0.1, 0.15) is 23.7 Å². The molecule has 5 aliphatic rings. The van der Waals surface area contributed by atoms with E-state index in [0.717, 1.165) is 24.8 Å². The van der Waals surface area contributed by atoms with Crippen LogP contribution in [0.5, 0.6) is 0 Å². The Morgan fingerprint density at radius 2 is 1.57 bits per heavy atom. The second kappa shape index (κ2) is 29.0. The Labute approximate surface area is 429 Å². The maximum absolute atomic E-state index is 14.5. The van der Waals surface area contributed by atoms with Gasteiger partial charge in [0.25, 0.3) is 11.7 Å². The lowest BCUT2D eigenvalue weighted by atomic mass is 9.78. The normalized spacial score (nSPS) is 38.2. The minimum Gasteiger partial charge on any atom is -0.460 e. The van der Waals surface area contributed by atoms with E-state index in [1.807, 2.05) is 58.1 Å². The Bertz CT molecular complexity index is 1910. The van der Waals surface area contributed by atoms with Crippen LogP contribution < -0.4 is 0 Å². The predicted octanol–water partition coefficient (Wildman–Crippen LogP) is 7.37. The molecule has 0 aromatic rings. The van der Waals surface area contributed by atoms with Crippen LogP contribution in [0.4, 0.5) is 0 Å². The lowest BCUT2D eigenvalue weighted by Gasteiger charge is -2.43. The summed E-state index contributed by atoms with van der Waals surface area (Å²) in [5.41, 5.74) is 1.42. The van der Waals surface area contributed by atoms with Crippen molar-refractivity contribution in [2.45, 2.75) is 193 Å². The van der Waals surface area contributed by atoms with Crippen LogP contribution in [-0.2, 0) is 52.4 Å². The summed E-state index contributed by atoms with van der Waals surface area (Å²) in [5, 5.41) is 32.8. The van der Waals surface area contributed by atoms with Crippen molar-refractivity contribution in [2.75, 3.05) is 46.7 Å². The number of nitrogens with zero attached hydrogens (tertiary/aromatic N) is 1. The summed E-state index contributed by atoms with van der Waals surface area (Å²) in [6.07, 6.45) is 15.6. The van der Waals surface area contributed by atoms with E-state index >= 15 is 0 Å². The number of esters is 1. The SMILES string of the molecule is CO[C@@H]1C[C@H](C[C@@H](C)[C@@H]2CC(=O)[C@H](C)/C=C(\C)[C@@H](O)CC(=O)[C@H](C)C[C@H](C)/C=C/C=C/C=C(\C)C(OCC3CCOCC3)C[C@@H]3CC[C@@H](C)[C@@](O)(O3)C(=O)C(=O)N3CCCCC3C(=O)O2)CC[C@H]1OCCO. The molecule has 0 spiro atoms. The van der Waals surface area contributed by atoms with E-state index < -0.39 is 65.7 Å². The number of Topliss-reactive ketones (excluding diaryl/α,β-unsaturated/α-hetero) is 3. The van der Waals surface area contributed by atoms with Gasteiger partial charge >= 0.3 is 5.97 Å². The minimum absolute atomic E-state index is 0.0726. The molecular weight excluding hydrogens is 923 g/mol. The van der Waals surface area contributed by atoms with Crippen molar-refractivity contribution in [3.05, 3.63) is 47.6 Å². The Hall–Kier alpha value is -3.41. The van der Waals surface area contributed by atoms with E-state index in [-0.39, 0.29) is 86.5 Å². The molecule has 3 N–H and O–H groups in total. The van der Waals surface area contributed by atoms with Gasteiger partial charge in [0.05, 0.1) is 50.3 Å². The molecule has 4 fully saturated rings. The zero-order valence-corrected chi connectivity index (χ0v) is 44.7. The Balaban J connectivity index is 1.44. The zero-order chi connectivity index (χ0) is 52.5. The van der Waals surface area contributed by atoms with Crippen LogP contribution in [-0.4, -0.2) is 145 Å². The van der Waals surface area contributed by atoms with E-state index in [9.17, 15) is 39.3 Å². The van der Waals surface area contributed by atoms with Crippen molar-refractivity contribution < 1.29 is 67.7 Å². The fourth-order valence-corrected chi connectivity index (χ4v) is 11.2. The van der Waals surface area contributed by atoms with Crippen molar-refractivity contribution in [2.24, 2.45) is 41.4 Å². The van der Waals surface area contributed by atoms with Gasteiger partial charge in [0, 0.05) is 63.9 Å². The standard InChI is InChI=1S/C57H89NO14/c1-36-14-10-9-11-15-37(2)51(70-35-43-21-25-68-26-22-43)32-45-19-17-42(7)57(66,72-45)54(63)55(64)58-23-13-12-16-46(58)56(65)71-52(41(6)30-44-18-20-50(69-27-24-59)53(31-44)67-8)34-49(62)40(5)29-39(4)48(61)33-47(60)38(3)28-36/h9-11,14-15,29,36,38,40-46,48,50-53,59,61,66H,12-13,16-28,30-35H2,1-8H3/b11-9+,14-10+,37-15+,39-29+/t36-,38-,40-,41-,42-,44+,45+,46?,48+,50-,51?,52+,53-,57-/m1/s1. The number of rotatable bonds is 10. The topological polar surface area (TPSA) is 205 Å².